The van der Waals surface area contributed by atoms with Crippen LogP contribution in [0.1, 0.15) is 78.1 Å². The lowest BCUT2D eigenvalue weighted by Crippen LogP contribution is -2.44. The summed E-state index contributed by atoms with van der Waals surface area (Å²) in [7, 11) is 0. The molecule has 2 saturated carbocycles. The number of carboxylic acids is 1. The van der Waals surface area contributed by atoms with E-state index in [1.165, 1.54) is 32.1 Å². The quantitative estimate of drug-likeness (QED) is 0.788. The summed E-state index contributed by atoms with van der Waals surface area (Å²) >= 11 is 0. The topological polar surface area (TPSA) is 37.3 Å². The average molecular weight is 266 g/mol. The highest BCUT2D eigenvalue weighted by Gasteiger charge is 2.49. The molecule has 4 atom stereocenters. The fourth-order valence-corrected chi connectivity index (χ4v) is 4.68. The highest BCUT2D eigenvalue weighted by Crippen LogP contribution is 2.51. The molecular formula is C17H30O2. The largest absolute Gasteiger partial charge is 0.481 e. The summed E-state index contributed by atoms with van der Waals surface area (Å²) < 4.78 is 0. The van der Waals surface area contributed by atoms with Gasteiger partial charge < -0.3 is 5.11 Å². The van der Waals surface area contributed by atoms with Gasteiger partial charge in [-0.15, -0.1) is 0 Å². The molecule has 2 heteroatoms. The van der Waals surface area contributed by atoms with Gasteiger partial charge in [0, 0.05) is 0 Å². The Bertz CT molecular complexity index is 312. The molecule has 0 aromatic carbocycles. The summed E-state index contributed by atoms with van der Waals surface area (Å²) in [5.41, 5.74) is -0.382. The highest BCUT2D eigenvalue weighted by atomic mass is 16.4. The van der Waals surface area contributed by atoms with Crippen LogP contribution in [0.2, 0.25) is 0 Å². The minimum Gasteiger partial charge on any atom is -0.481 e. The second-order valence-corrected chi connectivity index (χ2v) is 6.97. The second kappa shape index (κ2) is 6.28. The maximum atomic E-state index is 12.0. The minimum absolute atomic E-state index is 0.382. The molecule has 2 rings (SSSR count). The van der Waals surface area contributed by atoms with Gasteiger partial charge in [0.15, 0.2) is 0 Å². The Kier molecular flexibility index (Phi) is 4.92. The molecule has 0 heterocycles. The molecule has 0 aromatic heterocycles. The molecular weight excluding hydrogens is 236 g/mol. The smallest absolute Gasteiger partial charge is 0.309 e. The Morgan fingerprint density at radius 1 is 1.11 bits per heavy atom. The number of carbonyl (C=O) groups is 1. The van der Waals surface area contributed by atoms with Gasteiger partial charge in [0.2, 0.25) is 0 Å². The predicted molar refractivity (Wildman–Crippen MR) is 78.1 cm³/mol. The highest BCUT2D eigenvalue weighted by molar-refractivity contribution is 5.75. The third-order valence-electron chi connectivity index (χ3n) is 6.03. The summed E-state index contributed by atoms with van der Waals surface area (Å²) in [5, 5.41) is 9.91. The first-order valence-electron chi connectivity index (χ1n) is 8.35. The first-order chi connectivity index (χ1) is 9.12. The minimum atomic E-state index is -0.493. The van der Waals surface area contributed by atoms with E-state index in [4.69, 9.17) is 0 Å². The van der Waals surface area contributed by atoms with Gasteiger partial charge >= 0.3 is 5.97 Å². The summed E-state index contributed by atoms with van der Waals surface area (Å²) in [6, 6.07) is 0. The molecule has 4 unspecified atom stereocenters. The van der Waals surface area contributed by atoms with Gasteiger partial charge in [-0.1, -0.05) is 52.4 Å². The Balaban J connectivity index is 2.16. The molecule has 2 aliphatic carbocycles. The van der Waals surface area contributed by atoms with Crippen molar-refractivity contribution in [1.82, 2.24) is 0 Å². The lowest BCUT2D eigenvalue weighted by molar-refractivity contribution is -0.158. The van der Waals surface area contributed by atoms with E-state index < -0.39 is 5.97 Å². The van der Waals surface area contributed by atoms with E-state index in [-0.39, 0.29) is 5.41 Å². The molecule has 0 saturated heterocycles. The van der Waals surface area contributed by atoms with Crippen LogP contribution in [0.25, 0.3) is 0 Å². The lowest BCUT2D eigenvalue weighted by Gasteiger charge is -2.46. The average Bonchev–Trinajstić information content (AvgIpc) is 2.47. The zero-order chi connectivity index (χ0) is 13.9. The van der Waals surface area contributed by atoms with Crippen LogP contribution in [0.4, 0.5) is 0 Å². The summed E-state index contributed by atoms with van der Waals surface area (Å²) in [6.45, 7) is 4.48. The third kappa shape index (κ3) is 2.98. The Hall–Kier alpha value is -0.530. The molecule has 0 amide bonds. The van der Waals surface area contributed by atoms with Crippen LogP contribution in [0, 0.1) is 23.2 Å². The van der Waals surface area contributed by atoms with Gasteiger partial charge in [0.1, 0.15) is 0 Å². The summed E-state index contributed by atoms with van der Waals surface area (Å²) in [5.74, 6) is 1.37. The number of aliphatic carboxylic acids is 1. The number of hydrogen-bond acceptors (Lipinski definition) is 1. The SMILES string of the molecule is CCC1CCCC(C2(C(=O)O)CCCC(CC)C2)C1. The van der Waals surface area contributed by atoms with E-state index in [0.29, 0.717) is 11.8 Å². The van der Waals surface area contributed by atoms with Gasteiger partial charge in [0.25, 0.3) is 0 Å². The monoisotopic (exact) mass is 266 g/mol. The van der Waals surface area contributed by atoms with E-state index in [1.807, 2.05) is 0 Å². The van der Waals surface area contributed by atoms with Crippen molar-refractivity contribution in [2.75, 3.05) is 0 Å². The van der Waals surface area contributed by atoms with Crippen molar-refractivity contribution in [3.8, 4) is 0 Å². The van der Waals surface area contributed by atoms with Crippen LogP contribution in [-0.4, -0.2) is 11.1 Å². The predicted octanol–water partition coefficient (Wildman–Crippen LogP) is 4.87. The van der Waals surface area contributed by atoms with Crippen molar-refractivity contribution in [1.29, 1.82) is 0 Å². The number of carboxylic acid groups (broad SMARTS) is 1. The van der Waals surface area contributed by atoms with Gasteiger partial charge in [0.05, 0.1) is 5.41 Å². The van der Waals surface area contributed by atoms with Crippen molar-refractivity contribution in [3.63, 3.8) is 0 Å². The van der Waals surface area contributed by atoms with Crippen molar-refractivity contribution < 1.29 is 9.90 Å². The maximum absolute atomic E-state index is 12.0. The zero-order valence-corrected chi connectivity index (χ0v) is 12.7. The van der Waals surface area contributed by atoms with Crippen molar-refractivity contribution in [2.24, 2.45) is 23.2 Å². The van der Waals surface area contributed by atoms with Crippen LogP contribution >= 0.6 is 0 Å². The van der Waals surface area contributed by atoms with E-state index in [0.717, 1.165) is 38.0 Å². The van der Waals surface area contributed by atoms with Crippen LogP contribution in [-0.2, 0) is 4.79 Å². The zero-order valence-electron chi connectivity index (χ0n) is 12.7. The van der Waals surface area contributed by atoms with Crippen LogP contribution < -0.4 is 0 Å². The normalized spacial score (nSPS) is 40.0. The molecule has 110 valence electrons. The Morgan fingerprint density at radius 3 is 2.42 bits per heavy atom. The molecule has 0 aliphatic heterocycles. The van der Waals surface area contributed by atoms with E-state index in [2.05, 4.69) is 13.8 Å². The van der Waals surface area contributed by atoms with Crippen LogP contribution in [0.5, 0.6) is 0 Å². The van der Waals surface area contributed by atoms with E-state index >= 15 is 0 Å². The molecule has 0 spiro atoms. The Labute approximate surface area is 118 Å². The van der Waals surface area contributed by atoms with Crippen LogP contribution in [0.15, 0.2) is 0 Å². The van der Waals surface area contributed by atoms with Crippen molar-refractivity contribution >= 4 is 5.97 Å². The second-order valence-electron chi connectivity index (χ2n) is 6.97. The molecule has 19 heavy (non-hydrogen) atoms. The fraction of sp³-hybridized carbons (Fsp3) is 0.941. The first-order valence-corrected chi connectivity index (χ1v) is 8.35. The van der Waals surface area contributed by atoms with Crippen molar-refractivity contribution in [2.45, 2.75) is 78.1 Å². The number of hydrogen-bond donors (Lipinski definition) is 1. The molecule has 0 bridgehead atoms. The lowest BCUT2D eigenvalue weighted by atomic mass is 9.58. The molecule has 2 nitrogen and oxygen atoms in total. The Morgan fingerprint density at radius 2 is 1.79 bits per heavy atom. The van der Waals surface area contributed by atoms with Gasteiger partial charge in [-0.2, -0.15) is 0 Å². The standard InChI is InChI=1S/C17H30O2/c1-3-13-7-5-9-15(11-13)17(16(18)19)10-6-8-14(4-2)12-17/h13-15H,3-12H2,1-2H3,(H,18,19). The first kappa shape index (κ1) is 14.9. The molecule has 0 aromatic rings. The fourth-order valence-electron chi connectivity index (χ4n) is 4.68. The van der Waals surface area contributed by atoms with E-state index in [9.17, 15) is 9.90 Å². The maximum Gasteiger partial charge on any atom is 0.309 e. The summed E-state index contributed by atoms with van der Waals surface area (Å²) in [6.07, 6.45) is 11.5. The molecule has 0 radical (unpaired) electrons. The number of rotatable bonds is 4. The van der Waals surface area contributed by atoms with E-state index in [1.54, 1.807) is 0 Å². The van der Waals surface area contributed by atoms with Crippen molar-refractivity contribution in [3.05, 3.63) is 0 Å². The third-order valence-corrected chi connectivity index (χ3v) is 6.03. The molecule has 1 N–H and O–H groups in total. The summed E-state index contributed by atoms with van der Waals surface area (Å²) in [4.78, 5) is 12.0. The van der Waals surface area contributed by atoms with Gasteiger partial charge in [-0.3, -0.25) is 4.79 Å². The molecule has 2 aliphatic rings. The van der Waals surface area contributed by atoms with Gasteiger partial charge in [-0.05, 0) is 43.4 Å². The van der Waals surface area contributed by atoms with Crippen LogP contribution in [0.3, 0.4) is 0 Å². The molecule has 2 fully saturated rings. The van der Waals surface area contributed by atoms with Gasteiger partial charge in [-0.25, -0.2) is 0 Å².